The van der Waals surface area contributed by atoms with Crippen LogP contribution in [0.15, 0.2) is 12.2 Å². The molecule has 2 aliphatic rings. The lowest BCUT2D eigenvalue weighted by Gasteiger charge is -2.24. The van der Waals surface area contributed by atoms with Gasteiger partial charge in [-0.3, -0.25) is 4.79 Å². The van der Waals surface area contributed by atoms with Gasteiger partial charge < -0.3 is 10.1 Å². The van der Waals surface area contributed by atoms with E-state index in [-0.39, 0.29) is 17.4 Å². The Morgan fingerprint density at radius 1 is 1.53 bits per heavy atom. The van der Waals surface area contributed by atoms with Gasteiger partial charge in [0.25, 0.3) is 0 Å². The fraction of sp³-hybridized carbons (Fsp3) is 0.750. The van der Waals surface area contributed by atoms with Gasteiger partial charge in [-0.1, -0.05) is 12.2 Å². The van der Waals surface area contributed by atoms with Crippen molar-refractivity contribution in [2.45, 2.75) is 38.2 Å². The zero-order valence-electron chi connectivity index (χ0n) is 9.29. The molecule has 0 aromatic heterocycles. The van der Waals surface area contributed by atoms with Crippen LogP contribution in [0.3, 0.4) is 0 Å². The summed E-state index contributed by atoms with van der Waals surface area (Å²) >= 11 is 0. The van der Waals surface area contributed by atoms with Crippen LogP contribution in [0.5, 0.6) is 0 Å². The number of rotatable bonds is 3. The molecule has 15 heavy (non-hydrogen) atoms. The third-order valence-electron chi connectivity index (χ3n) is 3.32. The number of amides is 1. The summed E-state index contributed by atoms with van der Waals surface area (Å²) in [5.74, 6) is 0.340. The molecule has 1 N–H and O–H groups in total. The zero-order chi connectivity index (χ0) is 10.7. The maximum Gasteiger partial charge on any atom is 0.223 e. The molecule has 0 radical (unpaired) electrons. The van der Waals surface area contributed by atoms with E-state index in [2.05, 4.69) is 24.4 Å². The van der Waals surface area contributed by atoms with Crippen LogP contribution in [-0.2, 0) is 9.53 Å². The monoisotopic (exact) mass is 209 g/mol. The number of nitrogens with one attached hydrogen (secondary N) is 1. The molecule has 1 saturated heterocycles. The summed E-state index contributed by atoms with van der Waals surface area (Å²) in [7, 11) is 0. The molecule has 1 aliphatic heterocycles. The van der Waals surface area contributed by atoms with E-state index in [0.29, 0.717) is 6.54 Å². The Balaban J connectivity index is 1.75. The second kappa shape index (κ2) is 4.35. The standard InChI is InChI=1S/C12H19NO2/c1-12(7-4-8-15-12)9-13-11(14)10-5-2-3-6-10/h2-3,10H,4-9H2,1H3,(H,13,14). The number of carbonyl (C=O) groups excluding carboxylic acids is 1. The minimum Gasteiger partial charge on any atom is -0.373 e. The lowest BCUT2D eigenvalue weighted by atomic mass is 10.0. The SMILES string of the molecule is CC1(CNC(=O)C2CC=CC2)CCCO1. The molecule has 1 atom stereocenters. The van der Waals surface area contributed by atoms with Gasteiger partial charge in [0.1, 0.15) is 0 Å². The summed E-state index contributed by atoms with van der Waals surface area (Å²) in [6.45, 7) is 3.56. The van der Waals surface area contributed by atoms with Crippen molar-refractivity contribution < 1.29 is 9.53 Å². The summed E-state index contributed by atoms with van der Waals surface area (Å²) in [6.07, 6.45) is 8.11. The average molecular weight is 209 g/mol. The van der Waals surface area contributed by atoms with Crippen molar-refractivity contribution in [3.8, 4) is 0 Å². The Morgan fingerprint density at radius 3 is 2.87 bits per heavy atom. The Morgan fingerprint density at radius 2 is 2.27 bits per heavy atom. The van der Waals surface area contributed by atoms with Gasteiger partial charge in [0.2, 0.25) is 5.91 Å². The lowest BCUT2D eigenvalue weighted by molar-refractivity contribution is -0.125. The number of allylic oxidation sites excluding steroid dienone is 2. The second-order valence-corrected chi connectivity index (χ2v) is 4.76. The minimum atomic E-state index is -0.123. The first-order valence-corrected chi connectivity index (χ1v) is 5.76. The van der Waals surface area contributed by atoms with Crippen molar-refractivity contribution in [1.82, 2.24) is 5.32 Å². The van der Waals surface area contributed by atoms with Gasteiger partial charge in [0.15, 0.2) is 0 Å². The van der Waals surface area contributed by atoms with Gasteiger partial charge in [-0.05, 0) is 32.6 Å². The number of hydrogen-bond acceptors (Lipinski definition) is 2. The minimum absolute atomic E-state index is 0.123. The molecule has 84 valence electrons. The highest BCUT2D eigenvalue weighted by molar-refractivity contribution is 5.79. The molecule has 1 amide bonds. The van der Waals surface area contributed by atoms with Gasteiger partial charge >= 0.3 is 0 Å². The highest BCUT2D eigenvalue weighted by Gasteiger charge is 2.31. The third kappa shape index (κ3) is 2.59. The summed E-state index contributed by atoms with van der Waals surface area (Å²) in [4.78, 5) is 11.7. The van der Waals surface area contributed by atoms with Crippen LogP contribution in [0.1, 0.15) is 32.6 Å². The molecule has 3 nitrogen and oxygen atoms in total. The van der Waals surface area contributed by atoms with Crippen LogP contribution >= 0.6 is 0 Å². The molecule has 0 aromatic carbocycles. The Hall–Kier alpha value is -0.830. The van der Waals surface area contributed by atoms with E-state index in [1.165, 1.54) is 0 Å². The highest BCUT2D eigenvalue weighted by Crippen LogP contribution is 2.24. The normalized spacial score (nSPS) is 31.0. The first kappa shape index (κ1) is 10.7. The zero-order valence-corrected chi connectivity index (χ0v) is 9.29. The predicted molar refractivity (Wildman–Crippen MR) is 58.5 cm³/mol. The summed E-state index contributed by atoms with van der Waals surface area (Å²) < 4.78 is 5.62. The van der Waals surface area contributed by atoms with Gasteiger partial charge in [0, 0.05) is 19.1 Å². The maximum absolute atomic E-state index is 11.7. The van der Waals surface area contributed by atoms with Gasteiger partial charge in [-0.2, -0.15) is 0 Å². The van der Waals surface area contributed by atoms with Crippen LogP contribution in [0.25, 0.3) is 0 Å². The molecule has 1 heterocycles. The predicted octanol–water partition coefficient (Wildman–Crippen LogP) is 1.64. The highest BCUT2D eigenvalue weighted by atomic mass is 16.5. The number of carbonyl (C=O) groups is 1. The molecule has 0 saturated carbocycles. The van der Waals surface area contributed by atoms with Crippen molar-refractivity contribution in [1.29, 1.82) is 0 Å². The van der Waals surface area contributed by atoms with Gasteiger partial charge in [-0.25, -0.2) is 0 Å². The van der Waals surface area contributed by atoms with E-state index in [1.807, 2.05) is 0 Å². The molecule has 1 fully saturated rings. The fourth-order valence-electron chi connectivity index (χ4n) is 2.23. The number of ether oxygens (including phenoxy) is 1. The average Bonchev–Trinajstić information content (AvgIpc) is 2.85. The Bertz CT molecular complexity index is 259. The number of hydrogen-bond donors (Lipinski definition) is 1. The smallest absolute Gasteiger partial charge is 0.223 e. The molecular formula is C12H19NO2. The largest absolute Gasteiger partial charge is 0.373 e. The van der Waals surface area contributed by atoms with Crippen molar-refractivity contribution in [3.63, 3.8) is 0 Å². The van der Waals surface area contributed by atoms with Crippen molar-refractivity contribution in [2.75, 3.05) is 13.2 Å². The van der Waals surface area contributed by atoms with Crippen molar-refractivity contribution in [2.24, 2.45) is 5.92 Å². The molecule has 1 unspecified atom stereocenters. The van der Waals surface area contributed by atoms with E-state index < -0.39 is 0 Å². The Kier molecular flexibility index (Phi) is 3.10. The van der Waals surface area contributed by atoms with Crippen molar-refractivity contribution in [3.05, 3.63) is 12.2 Å². The topological polar surface area (TPSA) is 38.3 Å². The van der Waals surface area contributed by atoms with Crippen LogP contribution in [0.4, 0.5) is 0 Å². The van der Waals surface area contributed by atoms with E-state index in [1.54, 1.807) is 0 Å². The molecular weight excluding hydrogens is 190 g/mol. The Labute approximate surface area is 90.9 Å². The molecule has 0 aromatic rings. The first-order valence-electron chi connectivity index (χ1n) is 5.76. The molecule has 3 heteroatoms. The van der Waals surface area contributed by atoms with E-state index in [9.17, 15) is 4.79 Å². The van der Waals surface area contributed by atoms with Crippen LogP contribution in [0.2, 0.25) is 0 Å². The van der Waals surface area contributed by atoms with Crippen LogP contribution < -0.4 is 5.32 Å². The van der Waals surface area contributed by atoms with E-state index in [0.717, 1.165) is 32.3 Å². The quantitative estimate of drug-likeness (QED) is 0.718. The van der Waals surface area contributed by atoms with Crippen LogP contribution in [-0.4, -0.2) is 24.7 Å². The maximum atomic E-state index is 11.7. The summed E-state index contributed by atoms with van der Waals surface area (Å²) in [5, 5.41) is 3.00. The lowest BCUT2D eigenvalue weighted by Crippen LogP contribution is -2.42. The molecule has 0 spiro atoms. The first-order chi connectivity index (χ1) is 7.20. The molecule has 1 aliphatic carbocycles. The van der Waals surface area contributed by atoms with Crippen molar-refractivity contribution >= 4 is 5.91 Å². The fourth-order valence-corrected chi connectivity index (χ4v) is 2.23. The van der Waals surface area contributed by atoms with E-state index in [4.69, 9.17) is 4.74 Å². The second-order valence-electron chi connectivity index (χ2n) is 4.76. The van der Waals surface area contributed by atoms with Gasteiger partial charge in [-0.15, -0.1) is 0 Å². The summed E-state index contributed by atoms with van der Waals surface area (Å²) in [5.41, 5.74) is -0.123. The third-order valence-corrected chi connectivity index (χ3v) is 3.32. The van der Waals surface area contributed by atoms with E-state index >= 15 is 0 Å². The van der Waals surface area contributed by atoms with Gasteiger partial charge in [0.05, 0.1) is 5.60 Å². The summed E-state index contributed by atoms with van der Waals surface area (Å²) in [6, 6.07) is 0. The van der Waals surface area contributed by atoms with Crippen LogP contribution in [0, 0.1) is 5.92 Å². The molecule has 0 bridgehead atoms. The molecule has 2 rings (SSSR count).